The molecule has 0 saturated carbocycles. The first-order valence-electron chi connectivity index (χ1n) is 27.0. The second-order valence-electron chi connectivity index (χ2n) is 20.4. The number of rotatable bonds is 10. The maximum Gasteiger partial charge on any atom is 0.0540 e. The van der Waals surface area contributed by atoms with Crippen LogP contribution in [0.5, 0.6) is 0 Å². The summed E-state index contributed by atoms with van der Waals surface area (Å²) in [5, 5.41) is 12.8. The molecule has 0 aliphatic carbocycles. The van der Waals surface area contributed by atoms with Crippen molar-refractivity contribution < 1.29 is 0 Å². The summed E-state index contributed by atoms with van der Waals surface area (Å²) in [6, 6.07) is 111. The molecule has 0 fully saturated rings. The first-order chi connectivity index (χ1) is 39.1. The normalized spacial score (nSPS) is 11.5. The van der Waals surface area contributed by atoms with Crippen LogP contribution >= 0.6 is 11.3 Å². The van der Waals surface area contributed by atoms with Gasteiger partial charge in [-0.3, -0.25) is 0 Å². The Morgan fingerprint density at radius 1 is 0.190 bits per heavy atom. The minimum atomic E-state index is 1.08. The van der Waals surface area contributed by atoms with Crippen LogP contribution < -0.4 is 9.80 Å². The van der Waals surface area contributed by atoms with E-state index < -0.39 is 0 Å². The third-order valence-corrected chi connectivity index (χ3v) is 17.0. The van der Waals surface area contributed by atoms with Crippen molar-refractivity contribution in [3.05, 3.63) is 303 Å². The van der Waals surface area contributed by atoms with E-state index in [0.29, 0.717) is 0 Å². The molecule has 14 aromatic carbocycles. The van der Waals surface area contributed by atoms with E-state index in [0.717, 1.165) is 45.3 Å². The quantitative estimate of drug-likeness (QED) is 0.126. The Hall–Kier alpha value is -10.1. The van der Waals surface area contributed by atoms with Crippen molar-refractivity contribution in [1.82, 2.24) is 0 Å². The third kappa shape index (κ3) is 8.36. The number of fused-ring (bicyclic) bond motifs is 10. The molecule has 0 saturated heterocycles. The molecule has 1 aromatic heterocycles. The number of hydrogen-bond acceptors (Lipinski definition) is 3. The fourth-order valence-corrected chi connectivity index (χ4v) is 13.0. The summed E-state index contributed by atoms with van der Waals surface area (Å²) in [5.41, 5.74) is 16.1. The largest absolute Gasteiger partial charge is 0.311 e. The fraction of sp³-hybridized carbons (Fsp3) is 0. The summed E-state index contributed by atoms with van der Waals surface area (Å²) in [4.78, 5) is 4.73. The zero-order chi connectivity index (χ0) is 52.2. The van der Waals surface area contributed by atoms with Crippen molar-refractivity contribution in [2.75, 3.05) is 9.80 Å². The van der Waals surface area contributed by atoms with E-state index in [1.165, 1.54) is 96.6 Å². The molecule has 0 aliphatic heterocycles. The van der Waals surface area contributed by atoms with Crippen LogP contribution in [-0.4, -0.2) is 0 Å². The van der Waals surface area contributed by atoms with E-state index in [1.807, 2.05) is 11.3 Å². The van der Waals surface area contributed by atoms with Gasteiger partial charge in [-0.25, -0.2) is 0 Å². The minimum absolute atomic E-state index is 1.08. The van der Waals surface area contributed by atoms with E-state index in [1.54, 1.807) is 0 Å². The van der Waals surface area contributed by atoms with Gasteiger partial charge in [-0.15, -0.1) is 11.3 Å². The molecule has 3 heteroatoms. The molecule has 0 aliphatic rings. The molecule has 0 spiro atoms. The van der Waals surface area contributed by atoms with Crippen molar-refractivity contribution in [2.45, 2.75) is 0 Å². The number of benzene rings is 14. The van der Waals surface area contributed by atoms with Crippen LogP contribution in [0.25, 0.3) is 108 Å². The highest BCUT2D eigenvalue weighted by molar-refractivity contribution is 7.25. The van der Waals surface area contributed by atoms with Gasteiger partial charge in [0.05, 0.1) is 5.69 Å². The van der Waals surface area contributed by atoms with E-state index in [-0.39, 0.29) is 0 Å². The molecule has 0 N–H and O–H groups in total. The van der Waals surface area contributed by atoms with Gasteiger partial charge in [0, 0.05) is 54.0 Å². The van der Waals surface area contributed by atoms with Gasteiger partial charge >= 0.3 is 0 Å². The van der Waals surface area contributed by atoms with Gasteiger partial charge in [-0.1, -0.05) is 212 Å². The molecule has 0 bridgehead atoms. The van der Waals surface area contributed by atoms with E-state index in [9.17, 15) is 0 Å². The van der Waals surface area contributed by atoms with Crippen LogP contribution in [0.4, 0.5) is 34.1 Å². The third-order valence-electron chi connectivity index (χ3n) is 15.9. The highest BCUT2D eigenvalue weighted by atomic mass is 32.1. The Morgan fingerprint density at radius 3 is 1.08 bits per heavy atom. The fourth-order valence-electron chi connectivity index (χ4n) is 11.9. The average molecular weight is 1020 g/mol. The molecular formula is C76H50N2S. The minimum Gasteiger partial charge on any atom is -0.311 e. The van der Waals surface area contributed by atoms with E-state index >= 15 is 0 Å². The molecule has 370 valence electrons. The van der Waals surface area contributed by atoms with Crippen LogP contribution in [0.1, 0.15) is 0 Å². The van der Waals surface area contributed by atoms with Crippen LogP contribution in [0.3, 0.4) is 0 Å². The molecule has 0 radical (unpaired) electrons. The maximum absolute atomic E-state index is 2.38. The number of nitrogens with zero attached hydrogens (tertiary/aromatic N) is 2. The smallest absolute Gasteiger partial charge is 0.0540 e. The van der Waals surface area contributed by atoms with Crippen molar-refractivity contribution >= 4 is 109 Å². The second-order valence-corrected chi connectivity index (χ2v) is 21.5. The van der Waals surface area contributed by atoms with Gasteiger partial charge in [0.15, 0.2) is 0 Å². The SMILES string of the molecule is c1ccc(N(c2ccc(-c3ccc(N(c4ccc(-c5ccc(-c6ccc7sc8ccccc8c7c6)cc5)cc4)c4ccc(-c5ccc6c7ccccc7c7ccccc7c6c5)cc4)cc3)cc2)c2cccc3ccccc23)cc1. The molecule has 79 heavy (non-hydrogen) atoms. The second kappa shape index (κ2) is 19.5. The summed E-state index contributed by atoms with van der Waals surface area (Å²) in [6.45, 7) is 0. The average Bonchev–Trinajstić information content (AvgIpc) is 3.99. The molecule has 0 amide bonds. The van der Waals surface area contributed by atoms with Crippen LogP contribution in [0.15, 0.2) is 303 Å². The van der Waals surface area contributed by atoms with Gasteiger partial charge in [-0.2, -0.15) is 0 Å². The summed E-state index contributed by atoms with van der Waals surface area (Å²) in [7, 11) is 0. The van der Waals surface area contributed by atoms with Crippen molar-refractivity contribution in [2.24, 2.45) is 0 Å². The topological polar surface area (TPSA) is 6.48 Å². The Labute approximate surface area is 463 Å². The zero-order valence-corrected chi connectivity index (χ0v) is 44.0. The Balaban J connectivity index is 0.764. The van der Waals surface area contributed by atoms with Crippen LogP contribution in [-0.2, 0) is 0 Å². The molecule has 15 rings (SSSR count). The van der Waals surface area contributed by atoms with Gasteiger partial charge in [-0.05, 0) is 173 Å². The highest BCUT2D eigenvalue weighted by Crippen LogP contribution is 2.43. The predicted octanol–water partition coefficient (Wildman–Crippen LogP) is 22.3. The number of hydrogen-bond donors (Lipinski definition) is 0. The lowest BCUT2D eigenvalue weighted by atomic mass is 9.92. The summed E-state index contributed by atoms with van der Waals surface area (Å²) in [6.07, 6.45) is 0. The summed E-state index contributed by atoms with van der Waals surface area (Å²) < 4.78 is 2.65. The molecule has 2 nitrogen and oxygen atoms in total. The molecule has 0 unspecified atom stereocenters. The van der Waals surface area contributed by atoms with E-state index in [4.69, 9.17) is 0 Å². The molecular weight excluding hydrogens is 973 g/mol. The Kier molecular flexibility index (Phi) is 11.4. The standard InChI is InChI=1S/C76H50N2S/c1-2-15-60(16-3-1)78(74-23-12-14-57-13-4-5-17-65(57)74)64-45-33-54(34-46-64)53-31-41-62(42-32-53)77(63-43-35-56(36-44-63)58-37-47-70-68-20-7-6-18-66(68)67-19-8-9-21-69(67)72(70)49-58)61-39-29-52(30-40-61)51-25-27-55(28-26-51)59-38-48-76-73(50-59)71-22-10-11-24-75(71)79-76/h1-50H. The van der Waals surface area contributed by atoms with E-state index in [2.05, 4.69) is 313 Å². The maximum atomic E-state index is 2.38. The van der Waals surface area contributed by atoms with Crippen LogP contribution in [0.2, 0.25) is 0 Å². The predicted molar refractivity (Wildman–Crippen MR) is 340 cm³/mol. The lowest BCUT2D eigenvalue weighted by Gasteiger charge is -2.27. The summed E-state index contributed by atoms with van der Waals surface area (Å²) in [5.74, 6) is 0. The Bertz CT molecular complexity index is 4690. The first-order valence-corrected chi connectivity index (χ1v) is 27.9. The molecule has 1 heterocycles. The Morgan fingerprint density at radius 2 is 0.532 bits per heavy atom. The van der Waals surface area contributed by atoms with Crippen molar-refractivity contribution in [3.8, 4) is 44.5 Å². The monoisotopic (exact) mass is 1020 g/mol. The lowest BCUT2D eigenvalue weighted by Crippen LogP contribution is -2.10. The number of thiophene rings is 1. The number of para-hydroxylation sites is 1. The van der Waals surface area contributed by atoms with Gasteiger partial charge in [0.25, 0.3) is 0 Å². The lowest BCUT2D eigenvalue weighted by molar-refractivity contribution is 1.28. The summed E-state index contributed by atoms with van der Waals surface area (Å²) >= 11 is 1.86. The van der Waals surface area contributed by atoms with Gasteiger partial charge < -0.3 is 9.80 Å². The van der Waals surface area contributed by atoms with Crippen LogP contribution in [0, 0.1) is 0 Å². The molecule has 15 aromatic rings. The molecule has 0 atom stereocenters. The first kappa shape index (κ1) is 46.3. The van der Waals surface area contributed by atoms with Gasteiger partial charge in [0.1, 0.15) is 0 Å². The highest BCUT2D eigenvalue weighted by Gasteiger charge is 2.18. The number of anilines is 6. The van der Waals surface area contributed by atoms with Crippen molar-refractivity contribution in [1.29, 1.82) is 0 Å². The van der Waals surface area contributed by atoms with Gasteiger partial charge in [0.2, 0.25) is 0 Å². The zero-order valence-electron chi connectivity index (χ0n) is 43.2. The van der Waals surface area contributed by atoms with Crippen molar-refractivity contribution in [3.63, 3.8) is 0 Å².